The molecule has 1 saturated carbocycles. The molecular weight excluding hydrogens is 348 g/mol. The van der Waals surface area contributed by atoms with E-state index in [4.69, 9.17) is 4.74 Å². The van der Waals surface area contributed by atoms with Crippen molar-refractivity contribution in [3.63, 3.8) is 0 Å². The predicted octanol–water partition coefficient (Wildman–Crippen LogP) is 2.33. The number of carboxylic acid groups (broad SMARTS) is 1. The lowest BCUT2D eigenvalue weighted by atomic mass is 9.84. The Balaban J connectivity index is 2.10. The molecule has 2 N–H and O–H groups in total. The summed E-state index contributed by atoms with van der Waals surface area (Å²) in [6.45, 7) is 5.81. The number of hydrogen-bond donors (Lipinski definition) is 2. The maximum Gasteiger partial charge on any atom is 0.326 e. The number of unbranched alkanes of at least 4 members (excludes halogenated alkanes) is 1. The number of aliphatic carboxylic acids is 1. The summed E-state index contributed by atoms with van der Waals surface area (Å²) in [4.78, 5) is 38.7. The van der Waals surface area contributed by atoms with Crippen LogP contribution in [0.4, 0.5) is 0 Å². The standard InChI is InChI=1S/C20H34N2O5/c1-4-6-10-15(20(26)27-5-2)21-13(3)18(23)22-16-11-8-7-9-14(16)12-17(22)19(24)25/h13-17,21H,4-12H2,1-3H3,(H,24,25)/t13-,14+,15-,16-,17-/m0/s1. The molecule has 7 heteroatoms. The minimum absolute atomic E-state index is 0.00767. The number of fused-ring (bicyclic) bond motifs is 1. The predicted molar refractivity (Wildman–Crippen MR) is 101 cm³/mol. The summed E-state index contributed by atoms with van der Waals surface area (Å²) in [5.41, 5.74) is 0. The summed E-state index contributed by atoms with van der Waals surface area (Å²) in [6, 6.07) is -1.92. The van der Waals surface area contributed by atoms with Crippen LogP contribution in [-0.2, 0) is 19.1 Å². The Morgan fingerprint density at radius 1 is 1.22 bits per heavy atom. The second-order valence-electron chi connectivity index (χ2n) is 7.78. The van der Waals surface area contributed by atoms with Gasteiger partial charge in [-0.05, 0) is 45.4 Å². The number of hydrogen-bond acceptors (Lipinski definition) is 5. The highest BCUT2D eigenvalue weighted by molar-refractivity contribution is 5.88. The summed E-state index contributed by atoms with van der Waals surface area (Å²) >= 11 is 0. The largest absolute Gasteiger partial charge is 0.480 e. The third-order valence-corrected chi connectivity index (χ3v) is 5.87. The molecule has 0 spiro atoms. The van der Waals surface area contributed by atoms with E-state index in [0.717, 1.165) is 38.5 Å². The number of nitrogens with zero attached hydrogens (tertiary/aromatic N) is 1. The molecule has 0 aromatic rings. The summed E-state index contributed by atoms with van der Waals surface area (Å²) in [7, 11) is 0. The Morgan fingerprint density at radius 2 is 1.93 bits per heavy atom. The van der Waals surface area contributed by atoms with Crippen LogP contribution in [-0.4, -0.2) is 58.6 Å². The molecule has 1 aliphatic heterocycles. The van der Waals surface area contributed by atoms with Gasteiger partial charge in [0, 0.05) is 6.04 Å². The smallest absolute Gasteiger partial charge is 0.326 e. The third-order valence-electron chi connectivity index (χ3n) is 5.87. The topological polar surface area (TPSA) is 95.9 Å². The second-order valence-corrected chi connectivity index (χ2v) is 7.78. The number of amides is 1. The van der Waals surface area contributed by atoms with Crippen molar-refractivity contribution in [1.29, 1.82) is 0 Å². The van der Waals surface area contributed by atoms with Crippen molar-refractivity contribution >= 4 is 17.8 Å². The average Bonchev–Trinajstić information content (AvgIpc) is 3.04. The molecule has 2 fully saturated rings. The second kappa shape index (κ2) is 10.1. The van der Waals surface area contributed by atoms with Crippen molar-refractivity contribution < 1.29 is 24.2 Å². The first-order valence-electron chi connectivity index (χ1n) is 10.4. The highest BCUT2D eigenvalue weighted by Crippen LogP contribution is 2.40. The van der Waals surface area contributed by atoms with E-state index in [1.807, 2.05) is 6.92 Å². The van der Waals surface area contributed by atoms with Gasteiger partial charge in [-0.1, -0.05) is 32.6 Å². The summed E-state index contributed by atoms with van der Waals surface area (Å²) in [5.74, 6) is -1.23. The van der Waals surface area contributed by atoms with Gasteiger partial charge in [0.25, 0.3) is 0 Å². The van der Waals surface area contributed by atoms with Crippen molar-refractivity contribution in [3.8, 4) is 0 Å². The summed E-state index contributed by atoms with van der Waals surface area (Å²) in [5, 5.41) is 12.7. The number of ether oxygens (including phenoxy) is 1. The first-order chi connectivity index (χ1) is 12.9. The van der Waals surface area contributed by atoms with Crippen LogP contribution in [0.3, 0.4) is 0 Å². The molecule has 0 aromatic heterocycles. The first kappa shape index (κ1) is 21.7. The normalized spacial score (nSPS) is 26.9. The summed E-state index contributed by atoms with van der Waals surface area (Å²) in [6.07, 6.45) is 6.91. The first-order valence-corrected chi connectivity index (χ1v) is 10.4. The number of likely N-dealkylation sites (tertiary alicyclic amines) is 1. The number of nitrogens with one attached hydrogen (secondary N) is 1. The van der Waals surface area contributed by atoms with Gasteiger partial charge in [0.15, 0.2) is 0 Å². The minimum atomic E-state index is -0.933. The van der Waals surface area contributed by atoms with Gasteiger partial charge in [-0.3, -0.25) is 14.9 Å². The molecule has 1 saturated heterocycles. The van der Waals surface area contributed by atoms with Gasteiger partial charge >= 0.3 is 11.9 Å². The van der Waals surface area contributed by atoms with Gasteiger partial charge in [-0.15, -0.1) is 0 Å². The van der Waals surface area contributed by atoms with Gasteiger partial charge in [0.2, 0.25) is 5.91 Å². The van der Waals surface area contributed by atoms with Crippen LogP contribution in [0, 0.1) is 5.92 Å². The molecule has 0 unspecified atom stereocenters. The zero-order valence-electron chi connectivity index (χ0n) is 16.8. The number of carbonyl (C=O) groups is 3. The quantitative estimate of drug-likeness (QED) is 0.594. The Hall–Kier alpha value is -1.63. The van der Waals surface area contributed by atoms with Crippen molar-refractivity contribution in [1.82, 2.24) is 10.2 Å². The van der Waals surface area contributed by atoms with Crippen molar-refractivity contribution in [2.24, 2.45) is 5.92 Å². The molecule has 0 bridgehead atoms. The lowest BCUT2D eigenvalue weighted by Gasteiger charge is -2.35. The molecule has 1 aliphatic carbocycles. The maximum atomic E-state index is 13.2. The van der Waals surface area contributed by atoms with Crippen LogP contribution in [0.25, 0.3) is 0 Å². The van der Waals surface area contributed by atoms with Crippen LogP contribution in [0.5, 0.6) is 0 Å². The number of esters is 1. The van der Waals surface area contributed by atoms with E-state index in [1.165, 1.54) is 0 Å². The van der Waals surface area contributed by atoms with E-state index in [9.17, 15) is 19.5 Å². The Labute approximate surface area is 161 Å². The Morgan fingerprint density at radius 3 is 2.56 bits per heavy atom. The molecule has 0 aromatic carbocycles. The molecule has 0 radical (unpaired) electrons. The van der Waals surface area contributed by atoms with Crippen LogP contribution in [0.2, 0.25) is 0 Å². The highest BCUT2D eigenvalue weighted by Gasteiger charge is 2.48. The van der Waals surface area contributed by atoms with Crippen LogP contribution in [0.1, 0.15) is 72.1 Å². The van der Waals surface area contributed by atoms with Gasteiger partial charge in [0.05, 0.1) is 12.6 Å². The fourth-order valence-electron chi connectivity index (χ4n) is 4.51. The molecule has 2 rings (SSSR count). The molecule has 154 valence electrons. The van der Waals surface area contributed by atoms with Gasteiger partial charge in [0.1, 0.15) is 12.1 Å². The third kappa shape index (κ3) is 5.21. The fourth-order valence-corrected chi connectivity index (χ4v) is 4.51. The number of rotatable bonds is 9. The maximum absolute atomic E-state index is 13.2. The van der Waals surface area contributed by atoms with E-state index < -0.39 is 24.1 Å². The lowest BCUT2D eigenvalue weighted by molar-refractivity contribution is -0.152. The number of carbonyl (C=O) groups excluding carboxylic acids is 2. The van der Waals surface area contributed by atoms with Crippen LogP contribution >= 0.6 is 0 Å². The zero-order valence-corrected chi connectivity index (χ0v) is 16.8. The molecule has 5 atom stereocenters. The molecule has 27 heavy (non-hydrogen) atoms. The van der Waals surface area contributed by atoms with Crippen LogP contribution < -0.4 is 5.32 Å². The van der Waals surface area contributed by atoms with Crippen LogP contribution in [0.15, 0.2) is 0 Å². The lowest BCUT2D eigenvalue weighted by Crippen LogP contribution is -2.55. The Kier molecular flexibility index (Phi) is 8.07. The van der Waals surface area contributed by atoms with Gasteiger partial charge in [-0.2, -0.15) is 0 Å². The van der Waals surface area contributed by atoms with E-state index in [-0.39, 0.29) is 23.8 Å². The monoisotopic (exact) mass is 382 g/mol. The van der Waals surface area contributed by atoms with E-state index in [1.54, 1.807) is 18.7 Å². The SMILES string of the molecule is CCCC[C@H](N[C@@H](C)C(=O)N1[C@H](C(=O)O)C[C@H]2CCCC[C@@H]21)C(=O)OCC. The van der Waals surface area contributed by atoms with Crippen molar-refractivity contribution in [2.75, 3.05) is 6.61 Å². The van der Waals surface area contributed by atoms with E-state index in [0.29, 0.717) is 19.4 Å². The van der Waals surface area contributed by atoms with Gasteiger partial charge < -0.3 is 14.7 Å². The Bertz CT molecular complexity index is 538. The van der Waals surface area contributed by atoms with E-state index >= 15 is 0 Å². The number of carboxylic acids is 1. The van der Waals surface area contributed by atoms with E-state index in [2.05, 4.69) is 5.32 Å². The van der Waals surface area contributed by atoms with Gasteiger partial charge in [-0.25, -0.2) is 4.79 Å². The minimum Gasteiger partial charge on any atom is -0.480 e. The molecular formula is C20H34N2O5. The van der Waals surface area contributed by atoms with Crippen molar-refractivity contribution in [3.05, 3.63) is 0 Å². The fraction of sp³-hybridized carbons (Fsp3) is 0.850. The highest BCUT2D eigenvalue weighted by atomic mass is 16.5. The average molecular weight is 383 g/mol. The molecule has 1 heterocycles. The molecule has 1 amide bonds. The molecule has 7 nitrogen and oxygen atoms in total. The molecule has 2 aliphatic rings. The zero-order chi connectivity index (χ0) is 20.0. The van der Waals surface area contributed by atoms with Crippen molar-refractivity contribution in [2.45, 2.75) is 96.3 Å². The summed E-state index contributed by atoms with van der Waals surface area (Å²) < 4.78 is 5.13.